The number of rotatable bonds is 7. The van der Waals surface area contributed by atoms with Gasteiger partial charge in [0.25, 0.3) is 0 Å². The monoisotopic (exact) mass is 334 g/mol. The minimum Gasteiger partial charge on any atom is -0.481 e. The molecule has 0 rings (SSSR count). The Morgan fingerprint density at radius 3 is 1.65 bits per heavy atom. The molecule has 0 radical (unpaired) electrons. The second-order valence-corrected chi connectivity index (χ2v) is 8.34. The Morgan fingerprint density at radius 2 is 1.45 bits per heavy atom. The first-order chi connectivity index (χ1) is 8.68. The fraction of sp³-hybridized carbons (Fsp3) is 0.750. The lowest BCUT2D eigenvalue weighted by molar-refractivity contribution is -0.149. The fourth-order valence-electron chi connectivity index (χ4n) is 1.85. The van der Waals surface area contributed by atoms with Gasteiger partial charge in [-0.3, -0.25) is 18.7 Å². The Bertz CT molecular complexity index is 489. The molecule has 0 saturated heterocycles. The highest BCUT2D eigenvalue weighted by molar-refractivity contribution is 7.55. The predicted octanol–water partition coefficient (Wildman–Crippen LogP) is -0.336. The normalized spacial score (nSPS) is 18.9. The van der Waals surface area contributed by atoms with Gasteiger partial charge < -0.3 is 29.8 Å². The lowest BCUT2D eigenvalue weighted by Crippen LogP contribution is -2.49. The van der Waals surface area contributed by atoms with Gasteiger partial charge in [-0.25, -0.2) is 0 Å². The van der Waals surface area contributed by atoms with Crippen molar-refractivity contribution in [2.75, 3.05) is 0 Å². The van der Waals surface area contributed by atoms with Crippen molar-refractivity contribution in [2.45, 2.75) is 31.1 Å². The first-order valence-corrected chi connectivity index (χ1v) is 8.53. The Hall–Kier alpha value is -0.760. The second-order valence-electron chi connectivity index (χ2n) is 4.46. The summed E-state index contributed by atoms with van der Waals surface area (Å²) in [5.74, 6) is -5.71. The molecule has 20 heavy (non-hydrogen) atoms. The maximum atomic E-state index is 11.5. The van der Waals surface area contributed by atoms with Crippen molar-refractivity contribution in [1.29, 1.82) is 0 Å². The smallest absolute Gasteiger partial charge is 0.343 e. The van der Waals surface area contributed by atoms with Gasteiger partial charge >= 0.3 is 27.1 Å². The van der Waals surface area contributed by atoms with Crippen LogP contribution in [-0.2, 0) is 18.7 Å². The highest BCUT2D eigenvalue weighted by atomic mass is 31.2. The van der Waals surface area contributed by atoms with Gasteiger partial charge in [-0.1, -0.05) is 13.8 Å². The number of hydrogen-bond donors (Lipinski definition) is 6. The third-order valence-electron chi connectivity index (χ3n) is 3.32. The third-order valence-corrected chi connectivity index (χ3v) is 6.62. The number of carbonyl (C=O) groups is 2. The van der Waals surface area contributed by atoms with Crippen LogP contribution in [0.15, 0.2) is 0 Å². The number of aliphatic carboxylic acids is 2. The van der Waals surface area contributed by atoms with E-state index in [0.29, 0.717) is 0 Å². The lowest BCUT2D eigenvalue weighted by atomic mass is 9.87. The molecule has 0 aliphatic rings. The molecule has 0 aromatic heterocycles. The van der Waals surface area contributed by atoms with Gasteiger partial charge in [0.1, 0.15) is 0 Å². The van der Waals surface area contributed by atoms with Crippen molar-refractivity contribution in [3.63, 3.8) is 0 Å². The molecule has 0 aromatic carbocycles. The van der Waals surface area contributed by atoms with E-state index in [1.807, 2.05) is 0 Å². The molecular weight excluding hydrogens is 318 g/mol. The summed E-state index contributed by atoms with van der Waals surface area (Å²) in [5.41, 5.74) is -1.74. The minimum atomic E-state index is -5.52. The van der Waals surface area contributed by atoms with Crippen molar-refractivity contribution in [3.8, 4) is 0 Å². The summed E-state index contributed by atoms with van der Waals surface area (Å²) in [7, 11) is -10.4. The highest BCUT2D eigenvalue weighted by Crippen LogP contribution is 2.61. The molecule has 0 aromatic rings. The zero-order valence-corrected chi connectivity index (χ0v) is 12.4. The van der Waals surface area contributed by atoms with Gasteiger partial charge in [-0.2, -0.15) is 0 Å². The van der Waals surface area contributed by atoms with Crippen LogP contribution in [0.5, 0.6) is 0 Å². The van der Waals surface area contributed by atoms with Gasteiger partial charge in [-0.05, 0) is 5.92 Å². The van der Waals surface area contributed by atoms with E-state index in [1.54, 1.807) is 0 Å². The number of hydrogen-bond acceptors (Lipinski definition) is 4. The summed E-state index contributed by atoms with van der Waals surface area (Å²) in [6.07, 6.45) is -1.46. The maximum absolute atomic E-state index is 11.5. The first-order valence-electron chi connectivity index (χ1n) is 5.24. The summed E-state index contributed by atoms with van der Waals surface area (Å²) in [4.78, 5) is 58.5. The van der Waals surface area contributed by atoms with Crippen molar-refractivity contribution in [2.24, 2.45) is 5.92 Å². The Kier molecular flexibility index (Phi) is 5.70. The molecule has 0 aliphatic carbocycles. The topological polar surface area (TPSA) is 190 Å². The molecular formula is C8H16O10P2. The van der Waals surface area contributed by atoms with Gasteiger partial charge in [-0.15, -0.1) is 0 Å². The maximum Gasteiger partial charge on any atom is 0.343 e. The zero-order chi connectivity index (χ0) is 16.5. The van der Waals surface area contributed by atoms with Crippen molar-refractivity contribution in [3.05, 3.63) is 0 Å². The largest absolute Gasteiger partial charge is 0.481 e. The van der Waals surface area contributed by atoms with Gasteiger partial charge in [0.05, 0.1) is 12.1 Å². The second kappa shape index (κ2) is 5.93. The van der Waals surface area contributed by atoms with Crippen LogP contribution in [-0.4, -0.2) is 52.5 Å². The molecule has 0 saturated carbocycles. The number of carboxylic acid groups (broad SMARTS) is 2. The molecule has 0 heterocycles. The molecule has 10 nitrogen and oxygen atoms in total. The van der Waals surface area contributed by atoms with Crippen LogP contribution in [0.1, 0.15) is 20.3 Å². The average molecular weight is 334 g/mol. The summed E-state index contributed by atoms with van der Waals surface area (Å²) < 4.78 is 22.7. The van der Waals surface area contributed by atoms with Gasteiger partial charge in [0.15, 0.2) is 5.16 Å². The molecule has 0 bridgehead atoms. The summed E-state index contributed by atoms with van der Waals surface area (Å²) >= 11 is 0. The van der Waals surface area contributed by atoms with E-state index in [2.05, 4.69) is 0 Å². The van der Waals surface area contributed by atoms with E-state index in [0.717, 1.165) is 13.8 Å². The summed E-state index contributed by atoms with van der Waals surface area (Å²) in [5, 5.41) is 14.7. The van der Waals surface area contributed by atoms with Gasteiger partial charge in [0.2, 0.25) is 0 Å². The van der Waals surface area contributed by atoms with Crippen LogP contribution in [0, 0.1) is 5.92 Å². The molecule has 12 heteroatoms. The molecule has 3 unspecified atom stereocenters. The van der Waals surface area contributed by atoms with Crippen molar-refractivity contribution < 1.29 is 48.5 Å². The molecule has 0 fully saturated rings. The minimum absolute atomic E-state index is 0.889. The molecule has 118 valence electrons. The van der Waals surface area contributed by atoms with E-state index < -0.39 is 50.3 Å². The molecule has 0 aliphatic heterocycles. The number of carboxylic acids is 2. The zero-order valence-electron chi connectivity index (χ0n) is 10.6. The average Bonchev–Trinajstić information content (AvgIpc) is 2.19. The van der Waals surface area contributed by atoms with Crippen LogP contribution in [0.25, 0.3) is 0 Å². The van der Waals surface area contributed by atoms with Crippen LogP contribution in [0.4, 0.5) is 0 Å². The molecule has 0 spiro atoms. The Labute approximate surface area is 113 Å². The molecule has 3 atom stereocenters. The van der Waals surface area contributed by atoms with Crippen LogP contribution in [0.2, 0.25) is 0 Å². The highest BCUT2D eigenvalue weighted by Gasteiger charge is 2.61. The van der Waals surface area contributed by atoms with Gasteiger partial charge in [0, 0.05) is 0 Å². The summed E-state index contributed by atoms with van der Waals surface area (Å²) in [6.45, 7) is 1.79. The van der Waals surface area contributed by atoms with E-state index in [1.165, 1.54) is 0 Å². The lowest BCUT2D eigenvalue weighted by Gasteiger charge is -2.37. The van der Waals surface area contributed by atoms with E-state index in [4.69, 9.17) is 20.0 Å². The first kappa shape index (κ1) is 19.2. The quantitative estimate of drug-likeness (QED) is 0.336. The summed E-state index contributed by atoms with van der Waals surface area (Å²) in [6, 6.07) is 0. The van der Waals surface area contributed by atoms with Crippen LogP contribution in [0.3, 0.4) is 0 Å². The third kappa shape index (κ3) is 3.66. The van der Waals surface area contributed by atoms with Crippen LogP contribution >= 0.6 is 15.2 Å². The Balaban J connectivity index is 6.13. The molecule has 0 amide bonds. The fourth-order valence-corrected chi connectivity index (χ4v) is 4.14. The SMILES string of the molecule is CC(C(C)P(=O)(O)O)C(CC(=O)O)(C(=O)O)P(=O)(O)O. The standard InChI is InChI=1S/C8H16O10P2/c1-4(5(2)19(13,14)15)8(7(11)12,3-6(9)10)20(16,17)18/h4-5H,3H2,1-2H3,(H,9,10)(H,11,12)(H2,13,14,15)(H2,16,17,18). The van der Waals surface area contributed by atoms with E-state index in [9.17, 15) is 28.5 Å². The van der Waals surface area contributed by atoms with Crippen molar-refractivity contribution >= 4 is 27.1 Å². The van der Waals surface area contributed by atoms with Crippen molar-refractivity contribution in [1.82, 2.24) is 0 Å². The van der Waals surface area contributed by atoms with E-state index in [-0.39, 0.29) is 0 Å². The van der Waals surface area contributed by atoms with Crippen LogP contribution < -0.4 is 0 Å². The Morgan fingerprint density at radius 1 is 1.05 bits per heavy atom. The predicted molar refractivity (Wildman–Crippen MR) is 65.3 cm³/mol. The molecule has 6 N–H and O–H groups in total. The van der Waals surface area contributed by atoms with E-state index >= 15 is 0 Å².